The summed E-state index contributed by atoms with van der Waals surface area (Å²) in [5.74, 6) is 0. The molecule has 2 aromatic rings. The molecule has 0 unspecified atom stereocenters. The molecule has 0 fully saturated rings. The molecule has 0 amide bonds. The molecule has 2 rings (SSSR count). The van der Waals surface area contributed by atoms with Crippen molar-refractivity contribution in [2.45, 2.75) is 0 Å². The average Bonchev–Trinajstić information content (AvgIpc) is 2.74. The zero-order valence-electron chi connectivity index (χ0n) is 9.04. The van der Waals surface area contributed by atoms with Crippen LogP contribution in [0.25, 0.3) is 5.70 Å². The number of nitrogens with zero attached hydrogens (tertiary/aromatic N) is 3. The molecule has 0 saturated heterocycles. The van der Waals surface area contributed by atoms with Gasteiger partial charge in [0.25, 0.3) is 0 Å². The van der Waals surface area contributed by atoms with Crippen LogP contribution >= 0.6 is 0 Å². The van der Waals surface area contributed by atoms with E-state index in [1.54, 1.807) is 6.08 Å². The van der Waals surface area contributed by atoms with Crippen LogP contribution in [0, 0.1) is 11.3 Å². The summed E-state index contributed by atoms with van der Waals surface area (Å²) in [5.41, 5.74) is 1.91. The molecule has 3 heteroatoms. The Morgan fingerprint density at radius 2 is 2.12 bits per heavy atom. The van der Waals surface area contributed by atoms with Gasteiger partial charge < -0.3 is 0 Å². The highest BCUT2D eigenvalue weighted by atomic mass is 15.1. The average molecular weight is 210 g/mol. The summed E-state index contributed by atoms with van der Waals surface area (Å²) in [6.07, 6.45) is 7.34. The molecule has 1 aromatic carbocycles. The van der Waals surface area contributed by atoms with Crippen LogP contribution in [0.15, 0.2) is 55.1 Å². The maximum atomic E-state index is 8.82. The van der Waals surface area contributed by atoms with E-state index >= 15 is 0 Å². The number of hydrogen-bond acceptors (Lipinski definition) is 1. The highest BCUT2D eigenvalue weighted by Crippen LogP contribution is 2.15. The molecule has 0 radical (unpaired) electrons. The molecular weight excluding hydrogens is 198 g/mol. The molecule has 78 valence electrons. The molecule has 0 aliphatic carbocycles. The Labute approximate surface area is 94.5 Å². The minimum Gasteiger partial charge on any atom is -0.239 e. The predicted molar refractivity (Wildman–Crippen MR) is 61.0 cm³/mol. The van der Waals surface area contributed by atoms with Gasteiger partial charge in [0, 0.05) is 5.56 Å². The molecule has 0 aliphatic rings. The normalized spacial score (nSPS) is 11.1. The van der Waals surface area contributed by atoms with Crippen molar-refractivity contribution in [1.29, 1.82) is 5.26 Å². The summed E-state index contributed by atoms with van der Waals surface area (Å²) >= 11 is 0. The van der Waals surface area contributed by atoms with Crippen molar-refractivity contribution in [3.63, 3.8) is 0 Å². The lowest BCUT2D eigenvalue weighted by molar-refractivity contribution is -0.670. The first-order valence-corrected chi connectivity index (χ1v) is 5.00. The Morgan fingerprint density at radius 1 is 1.38 bits per heavy atom. The van der Waals surface area contributed by atoms with Crippen LogP contribution in [0.5, 0.6) is 0 Å². The molecule has 0 bridgehead atoms. The SMILES string of the molecule is C[n+]1ccn(/C(=C/C#N)c2ccccc2)c1. The van der Waals surface area contributed by atoms with Crippen LogP contribution < -0.4 is 4.57 Å². The van der Waals surface area contributed by atoms with Crippen LogP contribution in [0.3, 0.4) is 0 Å². The first-order chi connectivity index (χ1) is 7.81. The van der Waals surface area contributed by atoms with E-state index in [9.17, 15) is 0 Å². The fraction of sp³-hybridized carbons (Fsp3) is 0.0769. The quantitative estimate of drug-likeness (QED) is 0.548. The molecule has 0 saturated carbocycles. The Kier molecular flexibility index (Phi) is 2.84. The van der Waals surface area contributed by atoms with Crippen molar-refractivity contribution in [3.8, 4) is 6.07 Å². The Morgan fingerprint density at radius 3 is 2.69 bits per heavy atom. The summed E-state index contributed by atoms with van der Waals surface area (Å²) < 4.78 is 3.87. The molecule has 16 heavy (non-hydrogen) atoms. The number of imidazole rings is 1. The van der Waals surface area contributed by atoms with Gasteiger partial charge in [-0.3, -0.25) is 0 Å². The monoisotopic (exact) mass is 210 g/mol. The van der Waals surface area contributed by atoms with Gasteiger partial charge in [0.1, 0.15) is 18.1 Å². The minimum atomic E-state index is 0.878. The zero-order valence-corrected chi connectivity index (χ0v) is 9.04. The van der Waals surface area contributed by atoms with Crippen molar-refractivity contribution >= 4 is 5.70 Å². The Bertz CT molecular complexity index is 544. The summed E-state index contributed by atoms with van der Waals surface area (Å²) in [7, 11) is 1.95. The minimum absolute atomic E-state index is 0.878. The van der Waals surface area contributed by atoms with Gasteiger partial charge >= 0.3 is 0 Å². The lowest BCUT2D eigenvalue weighted by Crippen LogP contribution is -2.23. The second-order valence-corrected chi connectivity index (χ2v) is 3.51. The van der Waals surface area contributed by atoms with Gasteiger partial charge in [0.05, 0.1) is 19.2 Å². The number of allylic oxidation sites excluding steroid dienone is 1. The lowest BCUT2D eigenvalue weighted by atomic mass is 10.1. The van der Waals surface area contributed by atoms with Crippen LogP contribution in [0.4, 0.5) is 0 Å². The zero-order chi connectivity index (χ0) is 11.4. The maximum Gasteiger partial charge on any atom is 0.248 e. The van der Waals surface area contributed by atoms with Crippen molar-refractivity contribution in [2.24, 2.45) is 7.05 Å². The predicted octanol–water partition coefficient (Wildman–Crippen LogP) is 1.73. The Hall–Kier alpha value is -2.34. The van der Waals surface area contributed by atoms with E-state index in [4.69, 9.17) is 5.26 Å². The first-order valence-electron chi connectivity index (χ1n) is 5.00. The van der Waals surface area contributed by atoms with Crippen molar-refractivity contribution in [3.05, 3.63) is 60.7 Å². The van der Waals surface area contributed by atoms with Crippen LogP contribution in [0.1, 0.15) is 5.56 Å². The highest BCUT2D eigenvalue weighted by Gasteiger charge is 2.09. The van der Waals surface area contributed by atoms with E-state index in [2.05, 4.69) is 6.07 Å². The second-order valence-electron chi connectivity index (χ2n) is 3.51. The number of aryl methyl sites for hydroxylation is 1. The molecule has 0 N–H and O–H groups in total. The molecule has 0 spiro atoms. The third-order valence-corrected chi connectivity index (χ3v) is 2.32. The van der Waals surface area contributed by atoms with Gasteiger partial charge in [-0.25, -0.2) is 9.13 Å². The van der Waals surface area contributed by atoms with Gasteiger partial charge in [-0.2, -0.15) is 5.26 Å². The van der Waals surface area contributed by atoms with Crippen LogP contribution in [-0.4, -0.2) is 4.57 Å². The molecule has 1 heterocycles. The van der Waals surface area contributed by atoms with Gasteiger partial charge in [-0.15, -0.1) is 0 Å². The van der Waals surface area contributed by atoms with E-state index in [0.29, 0.717) is 0 Å². The van der Waals surface area contributed by atoms with Crippen LogP contribution in [0.2, 0.25) is 0 Å². The largest absolute Gasteiger partial charge is 0.248 e. The molecule has 0 atom stereocenters. The van der Waals surface area contributed by atoms with Crippen molar-refractivity contribution < 1.29 is 4.57 Å². The smallest absolute Gasteiger partial charge is 0.239 e. The van der Waals surface area contributed by atoms with E-state index in [1.807, 2.05) is 65.2 Å². The van der Waals surface area contributed by atoms with E-state index < -0.39 is 0 Å². The highest BCUT2D eigenvalue weighted by molar-refractivity contribution is 5.67. The summed E-state index contributed by atoms with van der Waals surface area (Å²) in [6.45, 7) is 0. The number of aromatic nitrogens is 2. The van der Waals surface area contributed by atoms with Crippen molar-refractivity contribution in [2.75, 3.05) is 0 Å². The number of nitriles is 1. The fourth-order valence-electron chi connectivity index (χ4n) is 1.57. The van der Waals surface area contributed by atoms with Gasteiger partial charge in [0.2, 0.25) is 6.33 Å². The number of hydrogen-bond donors (Lipinski definition) is 0. The topological polar surface area (TPSA) is 32.6 Å². The van der Waals surface area contributed by atoms with E-state index in [1.165, 1.54) is 0 Å². The van der Waals surface area contributed by atoms with Gasteiger partial charge in [-0.05, 0) is 0 Å². The summed E-state index contributed by atoms with van der Waals surface area (Å²) in [4.78, 5) is 0. The second kappa shape index (κ2) is 4.45. The molecular formula is C13H12N3+. The van der Waals surface area contributed by atoms with Crippen LogP contribution in [-0.2, 0) is 7.05 Å². The maximum absolute atomic E-state index is 8.82. The fourth-order valence-corrected chi connectivity index (χ4v) is 1.57. The summed E-state index contributed by atoms with van der Waals surface area (Å²) in [6, 6.07) is 11.9. The number of benzene rings is 1. The van der Waals surface area contributed by atoms with E-state index in [0.717, 1.165) is 11.3 Å². The first kappa shape index (κ1) is 10.2. The van der Waals surface area contributed by atoms with Gasteiger partial charge in [-0.1, -0.05) is 30.3 Å². The summed E-state index contributed by atoms with van der Waals surface area (Å²) in [5, 5.41) is 8.82. The third-order valence-electron chi connectivity index (χ3n) is 2.32. The third kappa shape index (κ3) is 2.01. The molecule has 3 nitrogen and oxygen atoms in total. The molecule has 0 aliphatic heterocycles. The van der Waals surface area contributed by atoms with Gasteiger partial charge in [0.15, 0.2) is 0 Å². The lowest BCUT2D eigenvalue weighted by Gasteiger charge is -2.00. The molecule has 1 aromatic heterocycles. The van der Waals surface area contributed by atoms with E-state index in [-0.39, 0.29) is 0 Å². The standard InChI is InChI=1S/C13H12N3/c1-15-9-10-16(11-15)13(7-8-14)12-5-3-2-4-6-12/h2-7,9-11H,1H3/q+1/b13-7+. The Balaban J connectivity index is 2.49. The van der Waals surface area contributed by atoms with Crippen molar-refractivity contribution in [1.82, 2.24) is 4.57 Å². The number of rotatable bonds is 2.